The van der Waals surface area contributed by atoms with Crippen LogP contribution in [0.25, 0.3) is 0 Å². The van der Waals surface area contributed by atoms with Crippen LogP contribution in [-0.2, 0) is 16.4 Å². The number of terminal acetylenes is 1. The molecule has 1 aromatic heterocycles. The number of halogens is 1. The minimum absolute atomic E-state index is 0.0218. The van der Waals surface area contributed by atoms with Gasteiger partial charge in [0.15, 0.2) is 0 Å². The molecule has 0 bridgehead atoms. The van der Waals surface area contributed by atoms with Crippen LogP contribution in [0.4, 0.5) is 17.5 Å². The largest absolute Gasteiger partial charge is 0.383 e. The smallest absolute Gasteiger partial charge is 0.238 e. The predicted molar refractivity (Wildman–Crippen MR) is 87.8 cm³/mol. The van der Waals surface area contributed by atoms with E-state index in [1.54, 1.807) is 12.1 Å². The van der Waals surface area contributed by atoms with Gasteiger partial charge >= 0.3 is 0 Å². The van der Waals surface area contributed by atoms with E-state index in [2.05, 4.69) is 37.1 Å². The molecule has 1 aromatic carbocycles. The third kappa shape index (κ3) is 3.73. The average molecular weight is 382 g/mol. The standard InChI is InChI=1S/C13H12BrN5O2S/c1-2-4-10-11(14)12(15)19-13(18-10)17-8-5-3-6-9(7-8)22(16,20)21/h1,3,5-7H,4H2,(H2,16,20,21)(H3,15,17,18,19). The summed E-state index contributed by atoms with van der Waals surface area (Å²) in [6, 6.07) is 5.96. The zero-order chi connectivity index (χ0) is 16.3. The molecular formula is C13H12BrN5O2S. The summed E-state index contributed by atoms with van der Waals surface area (Å²) < 4.78 is 23.2. The van der Waals surface area contributed by atoms with Gasteiger partial charge < -0.3 is 11.1 Å². The number of nitrogens with two attached hydrogens (primary N) is 2. The first-order valence-electron chi connectivity index (χ1n) is 5.96. The Labute approximate surface area is 136 Å². The molecule has 0 aliphatic carbocycles. The number of sulfonamides is 1. The summed E-state index contributed by atoms with van der Waals surface area (Å²) in [5.41, 5.74) is 6.80. The molecule has 114 valence electrons. The SMILES string of the molecule is C#CCc1nc(Nc2cccc(S(N)(=O)=O)c2)nc(N)c1Br. The van der Waals surface area contributed by atoms with E-state index in [1.165, 1.54) is 12.1 Å². The van der Waals surface area contributed by atoms with E-state index < -0.39 is 10.0 Å². The molecule has 2 aromatic rings. The topological polar surface area (TPSA) is 124 Å². The van der Waals surface area contributed by atoms with Gasteiger partial charge in [-0.05, 0) is 34.1 Å². The molecule has 2 rings (SSSR count). The van der Waals surface area contributed by atoms with Gasteiger partial charge in [0.2, 0.25) is 16.0 Å². The minimum atomic E-state index is -3.79. The Balaban J connectivity index is 2.38. The summed E-state index contributed by atoms with van der Waals surface area (Å²) in [6.45, 7) is 0. The lowest BCUT2D eigenvalue weighted by molar-refractivity contribution is 0.598. The highest BCUT2D eigenvalue weighted by molar-refractivity contribution is 9.10. The van der Waals surface area contributed by atoms with Crippen LogP contribution < -0.4 is 16.2 Å². The average Bonchev–Trinajstić information content (AvgIpc) is 2.44. The van der Waals surface area contributed by atoms with Crippen LogP contribution in [0.5, 0.6) is 0 Å². The number of anilines is 3. The molecule has 22 heavy (non-hydrogen) atoms. The van der Waals surface area contributed by atoms with Gasteiger partial charge in [0.1, 0.15) is 5.82 Å². The first-order chi connectivity index (χ1) is 10.3. The van der Waals surface area contributed by atoms with Crippen molar-refractivity contribution < 1.29 is 8.42 Å². The highest BCUT2D eigenvalue weighted by atomic mass is 79.9. The summed E-state index contributed by atoms with van der Waals surface area (Å²) in [5.74, 6) is 2.91. The summed E-state index contributed by atoms with van der Waals surface area (Å²) in [7, 11) is -3.79. The number of rotatable bonds is 4. The second-order valence-corrected chi connectivity index (χ2v) is 6.63. The van der Waals surface area contributed by atoms with Crippen LogP contribution in [0.3, 0.4) is 0 Å². The second-order valence-electron chi connectivity index (χ2n) is 4.27. The molecule has 0 aliphatic heterocycles. The van der Waals surface area contributed by atoms with Crippen LogP contribution in [-0.4, -0.2) is 18.4 Å². The molecule has 0 spiro atoms. The van der Waals surface area contributed by atoms with Crippen molar-refractivity contribution in [3.8, 4) is 12.3 Å². The zero-order valence-electron chi connectivity index (χ0n) is 11.2. The molecule has 5 N–H and O–H groups in total. The maximum absolute atomic E-state index is 11.3. The summed E-state index contributed by atoms with van der Waals surface area (Å²) in [4.78, 5) is 8.28. The third-order valence-corrected chi connectivity index (χ3v) is 4.41. The quantitative estimate of drug-likeness (QED) is 0.687. The summed E-state index contributed by atoms with van der Waals surface area (Å²) >= 11 is 3.27. The molecule has 0 fully saturated rings. The van der Waals surface area contributed by atoms with E-state index in [-0.39, 0.29) is 23.1 Å². The van der Waals surface area contributed by atoms with E-state index in [4.69, 9.17) is 17.3 Å². The van der Waals surface area contributed by atoms with Gasteiger partial charge in [0.05, 0.1) is 21.5 Å². The molecular weight excluding hydrogens is 370 g/mol. The molecule has 0 saturated heterocycles. The number of nitrogens with zero attached hydrogens (tertiary/aromatic N) is 2. The number of primary sulfonamides is 1. The van der Waals surface area contributed by atoms with E-state index in [1.807, 2.05) is 0 Å². The Morgan fingerprint density at radius 3 is 2.73 bits per heavy atom. The minimum Gasteiger partial charge on any atom is -0.383 e. The molecule has 0 unspecified atom stereocenters. The maximum atomic E-state index is 11.3. The first kappa shape index (κ1) is 16.2. The molecule has 9 heteroatoms. The predicted octanol–water partition coefficient (Wildman–Crippen LogP) is 1.39. The van der Waals surface area contributed by atoms with Crippen LogP contribution in [0, 0.1) is 12.3 Å². The Hall–Kier alpha value is -2.15. The van der Waals surface area contributed by atoms with Gasteiger partial charge in [-0.2, -0.15) is 4.98 Å². The summed E-state index contributed by atoms with van der Waals surface area (Å²) in [6.07, 6.45) is 5.55. The van der Waals surface area contributed by atoms with E-state index in [9.17, 15) is 8.42 Å². The third-order valence-electron chi connectivity index (χ3n) is 2.63. The molecule has 0 aliphatic rings. The summed E-state index contributed by atoms with van der Waals surface area (Å²) in [5, 5.41) is 7.96. The monoisotopic (exact) mass is 381 g/mol. The van der Waals surface area contributed by atoms with Gasteiger partial charge in [-0.3, -0.25) is 0 Å². The number of hydrogen-bond donors (Lipinski definition) is 3. The van der Waals surface area contributed by atoms with Crippen molar-refractivity contribution in [1.82, 2.24) is 9.97 Å². The molecule has 1 heterocycles. The Bertz CT molecular complexity index is 861. The first-order valence-corrected chi connectivity index (χ1v) is 8.30. The fraction of sp³-hybridized carbons (Fsp3) is 0.0769. The van der Waals surface area contributed by atoms with Crippen LogP contribution >= 0.6 is 15.9 Å². The number of benzene rings is 1. The van der Waals surface area contributed by atoms with Crippen molar-refractivity contribution in [3.63, 3.8) is 0 Å². The molecule has 7 nitrogen and oxygen atoms in total. The van der Waals surface area contributed by atoms with Crippen LogP contribution in [0.1, 0.15) is 5.69 Å². The Kier molecular flexibility index (Phi) is 4.65. The van der Waals surface area contributed by atoms with Crippen molar-refractivity contribution in [3.05, 3.63) is 34.4 Å². The van der Waals surface area contributed by atoms with Crippen LogP contribution in [0.15, 0.2) is 33.6 Å². The normalized spacial score (nSPS) is 11.0. The van der Waals surface area contributed by atoms with Crippen molar-refractivity contribution in [1.29, 1.82) is 0 Å². The van der Waals surface area contributed by atoms with Crippen molar-refractivity contribution in [2.75, 3.05) is 11.1 Å². The Morgan fingerprint density at radius 2 is 2.09 bits per heavy atom. The number of nitrogens with one attached hydrogen (secondary N) is 1. The van der Waals surface area contributed by atoms with Gasteiger partial charge in [0, 0.05) is 5.69 Å². The molecule has 0 atom stereocenters. The van der Waals surface area contributed by atoms with Crippen molar-refractivity contribution in [2.24, 2.45) is 5.14 Å². The zero-order valence-corrected chi connectivity index (χ0v) is 13.6. The van der Waals surface area contributed by atoms with E-state index in [0.29, 0.717) is 15.9 Å². The second kappa shape index (κ2) is 6.31. The van der Waals surface area contributed by atoms with E-state index >= 15 is 0 Å². The number of aromatic nitrogens is 2. The number of nitrogen functional groups attached to an aromatic ring is 1. The molecule has 0 saturated carbocycles. The highest BCUT2D eigenvalue weighted by Gasteiger charge is 2.11. The molecule has 0 radical (unpaired) electrons. The fourth-order valence-electron chi connectivity index (χ4n) is 1.66. The Morgan fingerprint density at radius 1 is 1.36 bits per heavy atom. The van der Waals surface area contributed by atoms with Crippen molar-refractivity contribution in [2.45, 2.75) is 11.3 Å². The lowest BCUT2D eigenvalue weighted by Crippen LogP contribution is -2.12. The van der Waals surface area contributed by atoms with Gasteiger partial charge in [-0.1, -0.05) is 6.07 Å². The lowest BCUT2D eigenvalue weighted by Gasteiger charge is -2.10. The van der Waals surface area contributed by atoms with Gasteiger partial charge in [0.25, 0.3) is 0 Å². The highest BCUT2D eigenvalue weighted by Crippen LogP contribution is 2.24. The van der Waals surface area contributed by atoms with Gasteiger partial charge in [-0.25, -0.2) is 18.5 Å². The number of hydrogen-bond acceptors (Lipinski definition) is 6. The van der Waals surface area contributed by atoms with Gasteiger partial charge in [-0.15, -0.1) is 12.3 Å². The van der Waals surface area contributed by atoms with E-state index in [0.717, 1.165) is 0 Å². The van der Waals surface area contributed by atoms with Crippen molar-refractivity contribution >= 4 is 43.4 Å². The fourth-order valence-corrected chi connectivity index (χ4v) is 2.54. The maximum Gasteiger partial charge on any atom is 0.238 e. The lowest BCUT2D eigenvalue weighted by atomic mass is 10.3. The molecule has 0 amide bonds. The van der Waals surface area contributed by atoms with Crippen LogP contribution in [0.2, 0.25) is 0 Å².